The zero-order chi connectivity index (χ0) is 17.0. The molecule has 2 aromatic rings. The van der Waals surface area contributed by atoms with Crippen LogP contribution in [-0.2, 0) is 0 Å². The molecule has 0 aliphatic heterocycles. The molecule has 1 aromatic heterocycles. The average molecular weight is 355 g/mol. The molecule has 124 valence electrons. The second-order valence-electron chi connectivity index (χ2n) is 5.35. The highest BCUT2D eigenvalue weighted by Crippen LogP contribution is 2.37. The van der Waals surface area contributed by atoms with E-state index < -0.39 is 0 Å². The van der Waals surface area contributed by atoms with E-state index in [1.165, 1.54) is 0 Å². The summed E-state index contributed by atoms with van der Waals surface area (Å²) in [6.07, 6.45) is 1.77. The van der Waals surface area contributed by atoms with E-state index in [1.54, 1.807) is 25.1 Å². The molecule has 0 bridgehead atoms. The Morgan fingerprint density at radius 3 is 2.26 bits per heavy atom. The second kappa shape index (κ2) is 7.84. The molecule has 0 aliphatic rings. The first kappa shape index (κ1) is 17.8. The Morgan fingerprint density at radius 2 is 1.74 bits per heavy atom. The summed E-state index contributed by atoms with van der Waals surface area (Å²) in [5.74, 6) is 0.372. The quantitative estimate of drug-likeness (QED) is 0.714. The van der Waals surface area contributed by atoms with Gasteiger partial charge in [0.15, 0.2) is 0 Å². The van der Waals surface area contributed by atoms with Crippen LogP contribution in [0.2, 0.25) is 10.0 Å². The number of hydrogen-bond donors (Lipinski definition) is 0. The number of benzene rings is 1. The topological polar surface area (TPSA) is 46.3 Å². The molecular formula is C17H20Cl2N2O2. The fourth-order valence-corrected chi connectivity index (χ4v) is 3.11. The second-order valence-corrected chi connectivity index (χ2v) is 6.17. The van der Waals surface area contributed by atoms with E-state index in [0.29, 0.717) is 45.7 Å². The molecular weight excluding hydrogens is 335 g/mol. The molecule has 0 unspecified atom stereocenters. The molecule has 2 rings (SSSR count). The van der Waals surface area contributed by atoms with Gasteiger partial charge in [-0.2, -0.15) is 0 Å². The van der Waals surface area contributed by atoms with Crippen molar-refractivity contribution in [1.29, 1.82) is 0 Å². The van der Waals surface area contributed by atoms with Gasteiger partial charge in [-0.15, -0.1) is 0 Å². The minimum absolute atomic E-state index is 0.0987. The minimum atomic E-state index is -0.0987. The van der Waals surface area contributed by atoms with Crippen LogP contribution in [0.1, 0.15) is 42.8 Å². The fraction of sp³-hybridized carbons (Fsp3) is 0.412. The molecule has 1 aromatic carbocycles. The average Bonchev–Trinajstić information content (AvgIpc) is 2.88. The summed E-state index contributed by atoms with van der Waals surface area (Å²) in [4.78, 5) is 14.8. The first-order valence-electron chi connectivity index (χ1n) is 7.71. The first-order valence-corrected chi connectivity index (χ1v) is 8.46. The predicted molar refractivity (Wildman–Crippen MR) is 93.2 cm³/mol. The van der Waals surface area contributed by atoms with Gasteiger partial charge < -0.3 is 9.42 Å². The predicted octanol–water partition coefficient (Wildman–Crippen LogP) is 5.22. The van der Waals surface area contributed by atoms with Crippen LogP contribution >= 0.6 is 23.2 Å². The molecule has 0 saturated carbocycles. The molecule has 0 radical (unpaired) electrons. The number of rotatable bonds is 6. The largest absolute Gasteiger partial charge is 0.360 e. The van der Waals surface area contributed by atoms with Crippen LogP contribution in [0.4, 0.5) is 0 Å². The van der Waals surface area contributed by atoms with Crippen molar-refractivity contribution < 1.29 is 9.32 Å². The first-order chi connectivity index (χ1) is 11.0. The molecule has 23 heavy (non-hydrogen) atoms. The van der Waals surface area contributed by atoms with E-state index >= 15 is 0 Å². The van der Waals surface area contributed by atoms with Gasteiger partial charge in [-0.3, -0.25) is 4.79 Å². The number of amides is 1. The Bertz CT molecular complexity index is 672. The monoisotopic (exact) mass is 354 g/mol. The summed E-state index contributed by atoms with van der Waals surface area (Å²) in [7, 11) is 0. The zero-order valence-corrected chi connectivity index (χ0v) is 15.0. The third-order valence-electron chi connectivity index (χ3n) is 3.55. The van der Waals surface area contributed by atoms with Gasteiger partial charge in [0.1, 0.15) is 17.0 Å². The molecule has 0 spiro atoms. The number of carbonyl (C=O) groups is 1. The Hall–Kier alpha value is -1.52. The van der Waals surface area contributed by atoms with E-state index in [-0.39, 0.29) is 5.91 Å². The Morgan fingerprint density at radius 1 is 1.17 bits per heavy atom. The van der Waals surface area contributed by atoms with E-state index in [2.05, 4.69) is 5.16 Å². The molecule has 1 amide bonds. The smallest absolute Gasteiger partial charge is 0.259 e. The van der Waals surface area contributed by atoms with Gasteiger partial charge in [-0.25, -0.2) is 0 Å². The number of halogens is 2. The number of nitrogens with zero attached hydrogens (tertiary/aromatic N) is 2. The number of carbonyl (C=O) groups excluding carboxylic acids is 1. The van der Waals surface area contributed by atoms with Gasteiger partial charge in [-0.1, -0.05) is 48.3 Å². The molecule has 0 saturated heterocycles. The van der Waals surface area contributed by atoms with Gasteiger partial charge in [0.25, 0.3) is 5.91 Å². The highest BCUT2D eigenvalue weighted by molar-refractivity contribution is 6.39. The lowest BCUT2D eigenvalue weighted by molar-refractivity contribution is 0.0754. The van der Waals surface area contributed by atoms with Crippen LogP contribution in [-0.4, -0.2) is 29.1 Å². The molecule has 0 fully saturated rings. The summed E-state index contributed by atoms with van der Waals surface area (Å²) in [5.41, 5.74) is 1.37. The SMILES string of the molecule is CCCN(CCC)C(=O)c1c(-c2c(Cl)cccc2Cl)noc1C. The molecule has 0 N–H and O–H groups in total. The van der Waals surface area contributed by atoms with Crippen molar-refractivity contribution in [3.05, 3.63) is 39.6 Å². The lowest BCUT2D eigenvalue weighted by Gasteiger charge is -2.21. The van der Waals surface area contributed by atoms with Gasteiger partial charge >= 0.3 is 0 Å². The highest BCUT2D eigenvalue weighted by atomic mass is 35.5. The van der Waals surface area contributed by atoms with Gasteiger partial charge in [-0.05, 0) is 31.9 Å². The summed E-state index contributed by atoms with van der Waals surface area (Å²) < 4.78 is 5.27. The van der Waals surface area contributed by atoms with Crippen LogP contribution in [0, 0.1) is 6.92 Å². The lowest BCUT2D eigenvalue weighted by atomic mass is 10.0. The van der Waals surface area contributed by atoms with Crippen LogP contribution in [0.3, 0.4) is 0 Å². The van der Waals surface area contributed by atoms with Crippen molar-refractivity contribution in [2.24, 2.45) is 0 Å². The van der Waals surface area contributed by atoms with Crippen molar-refractivity contribution in [3.8, 4) is 11.3 Å². The fourth-order valence-electron chi connectivity index (χ4n) is 2.53. The summed E-state index contributed by atoms with van der Waals surface area (Å²) >= 11 is 12.5. The third kappa shape index (κ3) is 3.70. The summed E-state index contributed by atoms with van der Waals surface area (Å²) in [6, 6.07) is 5.19. The van der Waals surface area contributed by atoms with E-state index in [1.807, 2.05) is 18.7 Å². The summed E-state index contributed by atoms with van der Waals surface area (Å²) in [5, 5.41) is 4.92. The maximum absolute atomic E-state index is 13.0. The van der Waals surface area contributed by atoms with Gasteiger partial charge in [0.2, 0.25) is 0 Å². The van der Waals surface area contributed by atoms with Crippen LogP contribution in [0.25, 0.3) is 11.3 Å². The summed E-state index contributed by atoms with van der Waals surface area (Å²) in [6.45, 7) is 7.19. The Labute approximate surface area is 146 Å². The number of aryl methyl sites for hydroxylation is 1. The van der Waals surface area contributed by atoms with Crippen LogP contribution in [0.15, 0.2) is 22.7 Å². The van der Waals surface area contributed by atoms with Gasteiger partial charge in [0, 0.05) is 18.7 Å². The van der Waals surface area contributed by atoms with Crippen molar-refractivity contribution in [2.75, 3.05) is 13.1 Å². The Kier molecular flexibility index (Phi) is 6.08. The normalized spacial score (nSPS) is 10.8. The standard InChI is InChI=1S/C17H20Cl2N2O2/c1-4-9-21(10-5-2)17(22)14-11(3)23-20-16(14)15-12(18)7-6-8-13(15)19/h6-8H,4-5,9-10H2,1-3H3. The molecule has 0 aliphatic carbocycles. The van der Waals surface area contributed by atoms with Crippen molar-refractivity contribution >= 4 is 29.1 Å². The van der Waals surface area contributed by atoms with Crippen molar-refractivity contribution in [2.45, 2.75) is 33.6 Å². The van der Waals surface area contributed by atoms with E-state index in [0.717, 1.165) is 12.8 Å². The van der Waals surface area contributed by atoms with Crippen molar-refractivity contribution in [1.82, 2.24) is 10.1 Å². The van der Waals surface area contributed by atoms with Crippen LogP contribution < -0.4 is 0 Å². The van der Waals surface area contributed by atoms with E-state index in [4.69, 9.17) is 27.7 Å². The number of hydrogen-bond acceptors (Lipinski definition) is 3. The lowest BCUT2D eigenvalue weighted by Crippen LogP contribution is -2.33. The number of aromatic nitrogens is 1. The molecule has 0 atom stereocenters. The maximum Gasteiger partial charge on any atom is 0.259 e. The molecule has 6 heteroatoms. The van der Waals surface area contributed by atoms with E-state index in [9.17, 15) is 4.79 Å². The van der Waals surface area contributed by atoms with Crippen LogP contribution in [0.5, 0.6) is 0 Å². The Balaban J connectivity index is 2.52. The minimum Gasteiger partial charge on any atom is -0.360 e. The van der Waals surface area contributed by atoms with Crippen molar-refractivity contribution in [3.63, 3.8) is 0 Å². The highest BCUT2D eigenvalue weighted by Gasteiger charge is 2.27. The maximum atomic E-state index is 13.0. The molecule has 4 nitrogen and oxygen atoms in total. The van der Waals surface area contributed by atoms with Gasteiger partial charge in [0.05, 0.1) is 10.0 Å². The zero-order valence-electron chi connectivity index (χ0n) is 13.5. The molecule has 1 heterocycles. The third-order valence-corrected chi connectivity index (χ3v) is 4.18.